The van der Waals surface area contributed by atoms with Gasteiger partial charge >= 0.3 is 0 Å². The fourth-order valence-corrected chi connectivity index (χ4v) is 1.97. The number of aliphatic hydroxyl groups is 1. The summed E-state index contributed by atoms with van der Waals surface area (Å²) < 4.78 is 10.3. The molecule has 4 heteroatoms. The molecule has 0 aromatic carbocycles. The second kappa shape index (κ2) is 8.93. The van der Waals surface area contributed by atoms with E-state index in [0.29, 0.717) is 19.3 Å². The molecule has 16 heavy (non-hydrogen) atoms. The van der Waals surface area contributed by atoms with Crippen molar-refractivity contribution in [3.63, 3.8) is 0 Å². The van der Waals surface area contributed by atoms with E-state index in [9.17, 15) is 0 Å². The minimum absolute atomic E-state index is 0.265. The van der Waals surface area contributed by atoms with Crippen molar-refractivity contribution in [1.82, 2.24) is 4.90 Å². The molecule has 1 fully saturated rings. The molecule has 0 saturated heterocycles. The van der Waals surface area contributed by atoms with Crippen LogP contribution in [-0.2, 0) is 9.47 Å². The highest BCUT2D eigenvalue weighted by molar-refractivity contribution is 4.79. The molecule has 1 aliphatic carbocycles. The molecule has 0 radical (unpaired) electrons. The van der Waals surface area contributed by atoms with Crippen molar-refractivity contribution in [2.75, 3.05) is 46.6 Å². The van der Waals surface area contributed by atoms with Gasteiger partial charge in [-0.3, -0.25) is 4.90 Å². The third-order valence-electron chi connectivity index (χ3n) is 3.14. The number of aliphatic hydroxyl groups excluding tert-OH is 1. The van der Waals surface area contributed by atoms with Crippen LogP contribution in [0.1, 0.15) is 25.7 Å². The summed E-state index contributed by atoms with van der Waals surface area (Å²) in [5.74, 6) is 0. The van der Waals surface area contributed by atoms with Crippen LogP contribution in [0.3, 0.4) is 0 Å². The van der Waals surface area contributed by atoms with Gasteiger partial charge in [0.2, 0.25) is 0 Å². The molecular weight excluding hydrogens is 206 g/mol. The highest BCUT2D eigenvalue weighted by atomic mass is 16.5. The summed E-state index contributed by atoms with van der Waals surface area (Å²) >= 11 is 0. The maximum Gasteiger partial charge on any atom is 0.0700 e. The maximum absolute atomic E-state index is 8.99. The smallest absolute Gasteiger partial charge is 0.0700 e. The fourth-order valence-electron chi connectivity index (χ4n) is 1.97. The monoisotopic (exact) mass is 231 g/mol. The van der Waals surface area contributed by atoms with Crippen LogP contribution in [0.2, 0.25) is 0 Å². The summed E-state index contributed by atoms with van der Waals surface area (Å²) in [5, 5.41) is 8.99. The molecule has 1 saturated carbocycles. The minimum atomic E-state index is 0.265. The van der Waals surface area contributed by atoms with E-state index >= 15 is 0 Å². The molecule has 0 amide bonds. The summed E-state index contributed by atoms with van der Waals surface area (Å²) in [5.41, 5.74) is 0. The Morgan fingerprint density at radius 1 is 1.19 bits per heavy atom. The second-order valence-corrected chi connectivity index (χ2v) is 4.30. The lowest BCUT2D eigenvalue weighted by atomic mass is 9.91. The fraction of sp³-hybridized carbons (Fsp3) is 1.00. The molecular formula is C12H25NO3. The van der Waals surface area contributed by atoms with Gasteiger partial charge in [-0.2, -0.15) is 0 Å². The summed E-state index contributed by atoms with van der Waals surface area (Å²) in [6.45, 7) is 4.25. The highest BCUT2D eigenvalue weighted by Crippen LogP contribution is 2.24. The van der Waals surface area contributed by atoms with Crippen LogP contribution in [-0.4, -0.2) is 62.7 Å². The van der Waals surface area contributed by atoms with Gasteiger partial charge in [0.25, 0.3) is 0 Å². The Kier molecular flexibility index (Phi) is 7.76. The van der Waals surface area contributed by atoms with E-state index in [1.54, 1.807) is 7.11 Å². The van der Waals surface area contributed by atoms with Gasteiger partial charge in [0.1, 0.15) is 0 Å². The van der Waals surface area contributed by atoms with Crippen LogP contribution in [0.5, 0.6) is 0 Å². The molecule has 1 N–H and O–H groups in total. The molecule has 96 valence electrons. The zero-order chi connectivity index (χ0) is 11.6. The number of hydrogen-bond acceptors (Lipinski definition) is 4. The van der Waals surface area contributed by atoms with Gasteiger partial charge < -0.3 is 14.6 Å². The lowest BCUT2D eigenvalue weighted by Gasteiger charge is -2.37. The van der Waals surface area contributed by atoms with E-state index in [4.69, 9.17) is 14.6 Å². The van der Waals surface area contributed by atoms with E-state index < -0.39 is 0 Å². The SMILES string of the molecule is COCCOCCCN(CCO)C1CCC1. The predicted molar refractivity (Wildman–Crippen MR) is 63.6 cm³/mol. The molecule has 1 rings (SSSR count). The number of hydrogen-bond donors (Lipinski definition) is 1. The van der Waals surface area contributed by atoms with E-state index in [-0.39, 0.29) is 6.61 Å². The average molecular weight is 231 g/mol. The third kappa shape index (κ3) is 5.25. The van der Waals surface area contributed by atoms with Crippen molar-refractivity contribution in [3.05, 3.63) is 0 Å². The van der Waals surface area contributed by atoms with Crippen molar-refractivity contribution in [2.45, 2.75) is 31.7 Å². The van der Waals surface area contributed by atoms with Crippen LogP contribution < -0.4 is 0 Å². The Labute approximate surface area is 98.5 Å². The van der Waals surface area contributed by atoms with Crippen LogP contribution in [0, 0.1) is 0 Å². The molecule has 0 atom stereocenters. The molecule has 0 aromatic rings. The van der Waals surface area contributed by atoms with E-state index in [1.807, 2.05) is 0 Å². The van der Waals surface area contributed by atoms with Gasteiger partial charge in [0.15, 0.2) is 0 Å². The van der Waals surface area contributed by atoms with E-state index in [2.05, 4.69) is 4.90 Å². The zero-order valence-electron chi connectivity index (χ0n) is 10.4. The minimum Gasteiger partial charge on any atom is -0.395 e. The molecule has 1 aliphatic rings. The van der Waals surface area contributed by atoms with Crippen LogP contribution >= 0.6 is 0 Å². The van der Waals surface area contributed by atoms with Crippen LogP contribution in [0.25, 0.3) is 0 Å². The van der Waals surface area contributed by atoms with Crippen LogP contribution in [0.4, 0.5) is 0 Å². The average Bonchev–Trinajstić information content (AvgIpc) is 2.21. The Bertz CT molecular complexity index is 162. The molecule has 0 aliphatic heterocycles. The summed E-state index contributed by atoms with van der Waals surface area (Å²) in [7, 11) is 1.68. The van der Waals surface area contributed by atoms with Gasteiger partial charge in [-0.15, -0.1) is 0 Å². The molecule has 0 spiro atoms. The highest BCUT2D eigenvalue weighted by Gasteiger charge is 2.23. The first-order valence-corrected chi connectivity index (χ1v) is 6.30. The van der Waals surface area contributed by atoms with E-state index in [1.165, 1.54) is 19.3 Å². The topological polar surface area (TPSA) is 41.9 Å². The number of ether oxygens (including phenoxy) is 2. The van der Waals surface area contributed by atoms with Gasteiger partial charge in [0.05, 0.1) is 19.8 Å². The van der Waals surface area contributed by atoms with Crippen molar-refractivity contribution in [3.8, 4) is 0 Å². The first kappa shape index (κ1) is 13.9. The lowest BCUT2D eigenvalue weighted by Crippen LogP contribution is -2.42. The van der Waals surface area contributed by atoms with Gasteiger partial charge in [-0.25, -0.2) is 0 Å². The largest absolute Gasteiger partial charge is 0.395 e. The summed E-state index contributed by atoms with van der Waals surface area (Å²) in [6, 6.07) is 0.714. The molecule has 0 bridgehead atoms. The number of rotatable bonds is 10. The first-order valence-electron chi connectivity index (χ1n) is 6.30. The number of methoxy groups -OCH3 is 1. The van der Waals surface area contributed by atoms with Crippen molar-refractivity contribution >= 4 is 0 Å². The Balaban J connectivity index is 1.98. The number of nitrogens with zero attached hydrogens (tertiary/aromatic N) is 1. The Morgan fingerprint density at radius 3 is 2.56 bits per heavy atom. The van der Waals surface area contributed by atoms with Gasteiger partial charge in [-0.1, -0.05) is 6.42 Å². The van der Waals surface area contributed by atoms with Gasteiger partial charge in [0, 0.05) is 32.8 Å². The van der Waals surface area contributed by atoms with Crippen molar-refractivity contribution in [2.24, 2.45) is 0 Å². The maximum atomic E-state index is 8.99. The predicted octanol–water partition coefficient (Wildman–Crippen LogP) is 0.886. The Hall–Kier alpha value is -0.160. The van der Waals surface area contributed by atoms with Crippen molar-refractivity contribution in [1.29, 1.82) is 0 Å². The molecule has 0 heterocycles. The first-order chi connectivity index (χ1) is 7.88. The molecule has 0 unspecified atom stereocenters. The third-order valence-corrected chi connectivity index (χ3v) is 3.14. The van der Waals surface area contributed by atoms with Crippen LogP contribution in [0.15, 0.2) is 0 Å². The molecule has 0 aromatic heterocycles. The van der Waals surface area contributed by atoms with Crippen molar-refractivity contribution < 1.29 is 14.6 Å². The zero-order valence-corrected chi connectivity index (χ0v) is 10.4. The summed E-state index contributed by atoms with van der Waals surface area (Å²) in [6.07, 6.45) is 4.98. The quantitative estimate of drug-likeness (QED) is 0.567. The Morgan fingerprint density at radius 2 is 2.00 bits per heavy atom. The normalized spacial score (nSPS) is 16.7. The van der Waals surface area contributed by atoms with Gasteiger partial charge in [-0.05, 0) is 19.3 Å². The van der Waals surface area contributed by atoms with E-state index in [0.717, 1.165) is 26.1 Å². The standard InChI is InChI=1S/C12H25NO3/c1-15-10-11-16-9-3-6-13(7-8-14)12-4-2-5-12/h12,14H,2-11H2,1H3. The molecule has 4 nitrogen and oxygen atoms in total. The lowest BCUT2D eigenvalue weighted by molar-refractivity contribution is 0.0534. The summed E-state index contributed by atoms with van der Waals surface area (Å²) in [4.78, 5) is 2.39. The second-order valence-electron chi connectivity index (χ2n) is 4.30.